The molecule has 0 saturated carbocycles. The van der Waals surface area contributed by atoms with Crippen LogP contribution in [-0.4, -0.2) is 19.6 Å². The monoisotopic (exact) mass is 392 g/mol. The van der Waals surface area contributed by atoms with Crippen LogP contribution in [0.5, 0.6) is 11.5 Å². The average molecular weight is 393 g/mol. The molecule has 0 aliphatic heterocycles. The standard InChI is InChI=1S/C18H21BrN2O3/c1-4-24-18-15(16(19)9-10-17(18)23-3)11-20-13-5-7-14(8-6-13)21-12(2)22/h5-10,20H,4,11H2,1-3H3,(H,21,22). The molecule has 0 radical (unpaired) electrons. The predicted molar refractivity (Wildman–Crippen MR) is 99.9 cm³/mol. The summed E-state index contributed by atoms with van der Waals surface area (Å²) in [5.74, 6) is 1.35. The van der Waals surface area contributed by atoms with Gasteiger partial charge in [0.05, 0.1) is 13.7 Å². The van der Waals surface area contributed by atoms with Gasteiger partial charge in [-0.25, -0.2) is 0 Å². The first-order chi connectivity index (χ1) is 11.5. The summed E-state index contributed by atoms with van der Waals surface area (Å²) < 4.78 is 12.1. The summed E-state index contributed by atoms with van der Waals surface area (Å²) >= 11 is 3.57. The van der Waals surface area contributed by atoms with Crippen LogP contribution in [0.2, 0.25) is 0 Å². The van der Waals surface area contributed by atoms with Gasteiger partial charge in [0.25, 0.3) is 0 Å². The smallest absolute Gasteiger partial charge is 0.221 e. The number of carbonyl (C=O) groups excluding carboxylic acids is 1. The lowest BCUT2D eigenvalue weighted by Gasteiger charge is -2.17. The first-order valence-corrected chi connectivity index (χ1v) is 8.44. The number of halogens is 1. The zero-order chi connectivity index (χ0) is 17.5. The molecular formula is C18H21BrN2O3. The Balaban J connectivity index is 2.15. The number of hydrogen-bond acceptors (Lipinski definition) is 4. The molecule has 5 nitrogen and oxygen atoms in total. The summed E-state index contributed by atoms with van der Waals surface area (Å²) in [6.07, 6.45) is 0. The normalized spacial score (nSPS) is 10.2. The quantitative estimate of drug-likeness (QED) is 0.731. The largest absolute Gasteiger partial charge is 0.493 e. The molecule has 0 aliphatic rings. The van der Waals surface area contributed by atoms with Crippen LogP contribution in [0.1, 0.15) is 19.4 Å². The lowest BCUT2D eigenvalue weighted by molar-refractivity contribution is -0.114. The van der Waals surface area contributed by atoms with Crippen molar-refractivity contribution in [3.63, 3.8) is 0 Å². The molecule has 2 rings (SSSR count). The SMILES string of the molecule is CCOc1c(OC)ccc(Br)c1CNc1ccc(NC(C)=O)cc1. The van der Waals surface area contributed by atoms with Crippen LogP contribution in [0.4, 0.5) is 11.4 Å². The van der Waals surface area contributed by atoms with Crippen molar-refractivity contribution in [1.29, 1.82) is 0 Å². The zero-order valence-corrected chi connectivity index (χ0v) is 15.6. The van der Waals surface area contributed by atoms with Crippen molar-refractivity contribution < 1.29 is 14.3 Å². The second-order valence-corrected chi connectivity index (χ2v) is 5.96. The van der Waals surface area contributed by atoms with Crippen LogP contribution < -0.4 is 20.1 Å². The summed E-state index contributed by atoms with van der Waals surface area (Å²) in [6, 6.07) is 11.4. The van der Waals surface area contributed by atoms with E-state index in [4.69, 9.17) is 9.47 Å². The number of methoxy groups -OCH3 is 1. The van der Waals surface area contributed by atoms with Crippen molar-refractivity contribution in [1.82, 2.24) is 0 Å². The Morgan fingerprint density at radius 1 is 1.12 bits per heavy atom. The molecule has 24 heavy (non-hydrogen) atoms. The number of carbonyl (C=O) groups is 1. The highest BCUT2D eigenvalue weighted by molar-refractivity contribution is 9.10. The second-order valence-electron chi connectivity index (χ2n) is 5.10. The molecule has 1 amide bonds. The van der Waals surface area contributed by atoms with E-state index in [9.17, 15) is 4.79 Å². The van der Waals surface area contributed by atoms with E-state index < -0.39 is 0 Å². The molecule has 128 valence electrons. The van der Waals surface area contributed by atoms with E-state index in [1.165, 1.54) is 6.92 Å². The van der Waals surface area contributed by atoms with E-state index in [0.717, 1.165) is 27.2 Å². The van der Waals surface area contributed by atoms with E-state index >= 15 is 0 Å². The fraction of sp³-hybridized carbons (Fsp3) is 0.278. The predicted octanol–water partition coefficient (Wildman–Crippen LogP) is 4.43. The lowest BCUT2D eigenvalue weighted by atomic mass is 10.1. The number of rotatable bonds is 7. The maximum Gasteiger partial charge on any atom is 0.221 e. The molecule has 0 atom stereocenters. The zero-order valence-electron chi connectivity index (χ0n) is 14.0. The van der Waals surface area contributed by atoms with Crippen molar-refractivity contribution in [3.05, 3.63) is 46.4 Å². The number of benzene rings is 2. The maximum atomic E-state index is 11.0. The topological polar surface area (TPSA) is 59.6 Å². The molecule has 0 fully saturated rings. The van der Waals surface area contributed by atoms with Gasteiger partial charge in [0, 0.05) is 34.9 Å². The number of anilines is 2. The van der Waals surface area contributed by atoms with Crippen molar-refractivity contribution in [2.24, 2.45) is 0 Å². The van der Waals surface area contributed by atoms with Gasteiger partial charge >= 0.3 is 0 Å². The molecular weight excluding hydrogens is 372 g/mol. The third kappa shape index (κ3) is 4.64. The van der Waals surface area contributed by atoms with Gasteiger partial charge in [-0.15, -0.1) is 0 Å². The van der Waals surface area contributed by atoms with Gasteiger partial charge in [-0.05, 0) is 43.3 Å². The molecule has 0 bridgehead atoms. The Morgan fingerprint density at radius 2 is 1.79 bits per heavy atom. The van der Waals surface area contributed by atoms with Crippen LogP contribution in [-0.2, 0) is 11.3 Å². The van der Waals surface area contributed by atoms with Gasteiger partial charge in [-0.2, -0.15) is 0 Å². The molecule has 0 heterocycles. The van der Waals surface area contributed by atoms with Gasteiger partial charge in [0.15, 0.2) is 11.5 Å². The van der Waals surface area contributed by atoms with Crippen molar-refractivity contribution in [2.75, 3.05) is 24.4 Å². The molecule has 6 heteroatoms. The second kappa shape index (κ2) is 8.59. The summed E-state index contributed by atoms with van der Waals surface area (Å²) in [4.78, 5) is 11.0. The van der Waals surface area contributed by atoms with Gasteiger partial charge in [-0.3, -0.25) is 4.79 Å². The minimum atomic E-state index is -0.0858. The maximum absolute atomic E-state index is 11.0. The molecule has 0 unspecified atom stereocenters. The van der Waals surface area contributed by atoms with Crippen molar-refractivity contribution >= 4 is 33.2 Å². The van der Waals surface area contributed by atoms with Gasteiger partial charge in [0.2, 0.25) is 5.91 Å². The van der Waals surface area contributed by atoms with E-state index in [1.54, 1.807) is 7.11 Å². The first-order valence-electron chi connectivity index (χ1n) is 7.64. The fourth-order valence-electron chi connectivity index (χ4n) is 2.28. The molecule has 2 aromatic carbocycles. The number of hydrogen-bond donors (Lipinski definition) is 2. The van der Waals surface area contributed by atoms with E-state index in [1.807, 2.05) is 43.3 Å². The molecule has 0 aliphatic carbocycles. The van der Waals surface area contributed by atoms with E-state index in [2.05, 4.69) is 26.6 Å². The van der Waals surface area contributed by atoms with Gasteiger partial charge in [0.1, 0.15) is 0 Å². The Bertz CT molecular complexity index is 702. The van der Waals surface area contributed by atoms with Gasteiger partial charge < -0.3 is 20.1 Å². The molecule has 0 saturated heterocycles. The third-order valence-electron chi connectivity index (χ3n) is 3.35. The number of nitrogens with one attached hydrogen (secondary N) is 2. The van der Waals surface area contributed by atoms with Crippen LogP contribution in [0.15, 0.2) is 40.9 Å². The minimum Gasteiger partial charge on any atom is -0.493 e. The van der Waals surface area contributed by atoms with E-state index in [-0.39, 0.29) is 5.91 Å². The Labute approximate surface area is 150 Å². The Morgan fingerprint density at radius 3 is 2.38 bits per heavy atom. The minimum absolute atomic E-state index is 0.0858. The lowest BCUT2D eigenvalue weighted by Crippen LogP contribution is -2.07. The Hall–Kier alpha value is -2.21. The van der Waals surface area contributed by atoms with E-state index in [0.29, 0.717) is 18.9 Å². The molecule has 2 N–H and O–H groups in total. The van der Waals surface area contributed by atoms with Crippen molar-refractivity contribution in [2.45, 2.75) is 20.4 Å². The van der Waals surface area contributed by atoms with Crippen LogP contribution in [0.3, 0.4) is 0 Å². The summed E-state index contributed by atoms with van der Waals surface area (Å²) in [6.45, 7) is 4.57. The van der Waals surface area contributed by atoms with Crippen molar-refractivity contribution in [3.8, 4) is 11.5 Å². The summed E-state index contributed by atoms with van der Waals surface area (Å²) in [5, 5.41) is 6.10. The van der Waals surface area contributed by atoms with Crippen LogP contribution >= 0.6 is 15.9 Å². The third-order valence-corrected chi connectivity index (χ3v) is 4.09. The molecule has 0 aromatic heterocycles. The highest BCUT2D eigenvalue weighted by Gasteiger charge is 2.14. The summed E-state index contributed by atoms with van der Waals surface area (Å²) in [5.41, 5.74) is 2.70. The average Bonchev–Trinajstić information content (AvgIpc) is 2.56. The highest BCUT2D eigenvalue weighted by atomic mass is 79.9. The van der Waals surface area contributed by atoms with Gasteiger partial charge in [-0.1, -0.05) is 15.9 Å². The Kier molecular flexibility index (Phi) is 6.49. The molecule has 2 aromatic rings. The first kappa shape index (κ1) is 18.1. The number of ether oxygens (including phenoxy) is 2. The highest BCUT2D eigenvalue weighted by Crippen LogP contribution is 2.36. The summed E-state index contributed by atoms with van der Waals surface area (Å²) in [7, 11) is 1.63. The fourth-order valence-corrected chi connectivity index (χ4v) is 2.73. The van der Waals surface area contributed by atoms with Crippen LogP contribution in [0, 0.1) is 0 Å². The number of amides is 1. The molecule has 0 spiro atoms. The van der Waals surface area contributed by atoms with Crippen LogP contribution in [0.25, 0.3) is 0 Å².